The first kappa shape index (κ1) is 15.8. The largest absolute Gasteiger partial charge is 0.384 e. The molecular formula is C16H26N4O. The number of aromatic nitrogens is 1. The first-order chi connectivity index (χ1) is 9.79. The third kappa shape index (κ3) is 3.35. The molecule has 0 bridgehead atoms. The molecule has 1 aromatic rings. The number of nitrogens with zero attached hydrogens (tertiary/aromatic N) is 3. The molecule has 2 heterocycles. The number of nitrogen functional groups attached to an aromatic ring is 1. The van der Waals surface area contributed by atoms with Gasteiger partial charge in [-0.15, -0.1) is 0 Å². The minimum atomic E-state index is 0.0535. The van der Waals surface area contributed by atoms with Gasteiger partial charge in [0, 0.05) is 36.4 Å². The second-order valence-electron chi connectivity index (χ2n) is 6.43. The number of piperazine rings is 1. The van der Waals surface area contributed by atoms with E-state index in [1.807, 2.05) is 11.0 Å². The summed E-state index contributed by atoms with van der Waals surface area (Å²) < 4.78 is 0. The molecule has 0 aliphatic carbocycles. The average molecular weight is 290 g/mol. The Morgan fingerprint density at radius 2 is 1.86 bits per heavy atom. The molecule has 0 saturated carbocycles. The Bertz CT molecular complexity index is 517. The van der Waals surface area contributed by atoms with E-state index in [-0.39, 0.29) is 11.8 Å². The molecule has 0 radical (unpaired) electrons. The first-order valence-corrected chi connectivity index (χ1v) is 7.58. The molecule has 116 valence electrons. The minimum Gasteiger partial charge on any atom is -0.384 e. The van der Waals surface area contributed by atoms with E-state index in [1.54, 1.807) is 6.07 Å². The summed E-state index contributed by atoms with van der Waals surface area (Å²) >= 11 is 0. The van der Waals surface area contributed by atoms with E-state index in [1.165, 1.54) is 0 Å². The number of likely N-dealkylation sites (N-methyl/N-ethyl adjacent to an activating group) is 1. The summed E-state index contributed by atoms with van der Waals surface area (Å²) in [6.07, 6.45) is 0. The SMILES string of the molecule is CC(C)c1cc(C(=O)N2CC(C)N(C)C(C)C2)cc(N)n1. The van der Waals surface area contributed by atoms with Crippen molar-refractivity contribution >= 4 is 11.7 Å². The predicted octanol–water partition coefficient (Wildman–Crippen LogP) is 1.95. The van der Waals surface area contributed by atoms with Crippen LogP contribution in [0.4, 0.5) is 5.82 Å². The number of carbonyl (C=O) groups is 1. The van der Waals surface area contributed by atoms with Gasteiger partial charge in [-0.05, 0) is 38.9 Å². The second kappa shape index (κ2) is 6.02. The van der Waals surface area contributed by atoms with Crippen molar-refractivity contribution in [3.63, 3.8) is 0 Å². The van der Waals surface area contributed by atoms with Crippen molar-refractivity contribution in [2.24, 2.45) is 0 Å². The molecular weight excluding hydrogens is 264 g/mol. The summed E-state index contributed by atoms with van der Waals surface area (Å²) in [6.45, 7) is 9.90. The molecule has 5 nitrogen and oxygen atoms in total. The fraction of sp³-hybridized carbons (Fsp3) is 0.625. The van der Waals surface area contributed by atoms with Gasteiger partial charge in [0.05, 0.1) is 0 Å². The van der Waals surface area contributed by atoms with Gasteiger partial charge in [0.1, 0.15) is 5.82 Å². The molecule has 2 N–H and O–H groups in total. The average Bonchev–Trinajstić information content (AvgIpc) is 2.42. The summed E-state index contributed by atoms with van der Waals surface area (Å²) in [5, 5.41) is 0. The lowest BCUT2D eigenvalue weighted by atomic mass is 10.0. The van der Waals surface area contributed by atoms with Crippen molar-refractivity contribution in [1.82, 2.24) is 14.8 Å². The van der Waals surface area contributed by atoms with Gasteiger partial charge in [0.25, 0.3) is 5.91 Å². The van der Waals surface area contributed by atoms with Gasteiger partial charge in [0.15, 0.2) is 0 Å². The molecule has 0 aromatic carbocycles. The Hall–Kier alpha value is -1.62. The quantitative estimate of drug-likeness (QED) is 0.904. The van der Waals surface area contributed by atoms with Gasteiger partial charge in [-0.1, -0.05) is 13.8 Å². The van der Waals surface area contributed by atoms with Gasteiger partial charge in [0.2, 0.25) is 0 Å². The van der Waals surface area contributed by atoms with Crippen molar-refractivity contribution < 1.29 is 4.79 Å². The molecule has 1 fully saturated rings. The lowest BCUT2D eigenvalue weighted by molar-refractivity contribution is 0.0414. The summed E-state index contributed by atoms with van der Waals surface area (Å²) in [5.74, 6) is 0.725. The zero-order valence-corrected chi connectivity index (χ0v) is 13.6. The molecule has 1 aromatic heterocycles. The molecule has 5 heteroatoms. The van der Waals surface area contributed by atoms with E-state index in [2.05, 4.69) is 44.6 Å². The highest BCUT2D eigenvalue weighted by Gasteiger charge is 2.30. The number of hydrogen-bond acceptors (Lipinski definition) is 4. The van der Waals surface area contributed by atoms with Gasteiger partial charge in [-0.2, -0.15) is 0 Å². The van der Waals surface area contributed by atoms with E-state index in [0.717, 1.165) is 18.8 Å². The van der Waals surface area contributed by atoms with Crippen LogP contribution in [0.3, 0.4) is 0 Å². The van der Waals surface area contributed by atoms with Crippen molar-refractivity contribution in [2.45, 2.75) is 45.7 Å². The van der Waals surface area contributed by atoms with Crippen LogP contribution in [0, 0.1) is 0 Å². The van der Waals surface area contributed by atoms with Crippen LogP contribution in [0.15, 0.2) is 12.1 Å². The highest BCUT2D eigenvalue weighted by Crippen LogP contribution is 2.20. The van der Waals surface area contributed by atoms with Crippen LogP contribution in [0.25, 0.3) is 0 Å². The smallest absolute Gasteiger partial charge is 0.254 e. The molecule has 1 aliphatic rings. The van der Waals surface area contributed by atoms with E-state index in [0.29, 0.717) is 23.5 Å². The fourth-order valence-corrected chi connectivity index (χ4v) is 2.75. The Morgan fingerprint density at radius 3 is 2.38 bits per heavy atom. The number of rotatable bonds is 2. The summed E-state index contributed by atoms with van der Waals surface area (Å²) in [7, 11) is 2.11. The van der Waals surface area contributed by atoms with E-state index < -0.39 is 0 Å². The molecule has 0 spiro atoms. The van der Waals surface area contributed by atoms with Crippen LogP contribution >= 0.6 is 0 Å². The van der Waals surface area contributed by atoms with Gasteiger partial charge >= 0.3 is 0 Å². The Balaban J connectivity index is 2.24. The van der Waals surface area contributed by atoms with Crippen LogP contribution in [-0.4, -0.2) is 52.9 Å². The van der Waals surface area contributed by atoms with Gasteiger partial charge in [-0.25, -0.2) is 4.98 Å². The van der Waals surface area contributed by atoms with Crippen LogP contribution in [0.1, 0.15) is 49.7 Å². The monoisotopic (exact) mass is 290 g/mol. The number of hydrogen-bond donors (Lipinski definition) is 1. The minimum absolute atomic E-state index is 0.0535. The maximum absolute atomic E-state index is 12.7. The topological polar surface area (TPSA) is 62.5 Å². The maximum atomic E-state index is 12.7. The normalized spacial score (nSPS) is 23.6. The summed E-state index contributed by atoms with van der Waals surface area (Å²) in [4.78, 5) is 21.3. The van der Waals surface area contributed by atoms with Crippen LogP contribution in [0.2, 0.25) is 0 Å². The lowest BCUT2D eigenvalue weighted by Crippen LogP contribution is -2.56. The lowest BCUT2D eigenvalue weighted by Gasteiger charge is -2.42. The molecule has 2 atom stereocenters. The molecule has 2 rings (SSSR count). The van der Waals surface area contributed by atoms with E-state index in [9.17, 15) is 4.79 Å². The summed E-state index contributed by atoms with van der Waals surface area (Å²) in [6, 6.07) is 4.28. The highest BCUT2D eigenvalue weighted by molar-refractivity contribution is 5.95. The molecule has 1 aliphatic heterocycles. The Morgan fingerprint density at radius 1 is 1.29 bits per heavy atom. The Labute approximate surface area is 127 Å². The Kier molecular flexibility index (Phi) is 4.52. The van der Waals surface area contributed by atoms with Crippen molar-refractivity contribution in [3.05, 3.63) is 23.4 Å². The maximum Gasteiger partial charge on any atom is 0.254 e. The standard InChI is InChI=1S/C16H26N4O/c1-10(2)14-6-13(7-15(17)18-14)16(21)20-8-11(3)19(5)12(4)9-20/h6-7,10-12H,8-9H2,1-5H3,(H2,17,18). The molecule has 2 unspecified atom stereocenters. The number of nitrogens with two attached hydrogens (primary N) is 1. The zero-order chi connectivity index (χ0) is 15.7. The number of anilines is 1. The van der Waals surface area contributed by atoms with Crippen molar-refractivity contribution in [3.8, 4) is 0 Å². The number of pyridine rings is 1. The van der Waals surface area contributed by atoms with E-state index >= 15 is 0 Å². The highest BCUT2D eigenvalue weighted by atomic mass is 16.2. The van der Waals surface area contributed by atoms with E-state index in [4.69, 9.17) is 5.73 Å². The molecule has 1 saturated heterocycles. The van der Waals surface area contributed by atoms with Crippen LogP contribution in [-0.2, 0) is 0 Å². The molecule has 1 amide bonds. The predicted molar refractivity (Wildman–Crippen MR) is 85.3 cm³/mol. The third-order valence-electron chi connectivity index (χ3n) is 4.35. The second-order valence-corrected chi connectivity index (χ2v) is 6.43. The number of carbonyl (C=O) groups excluding carboxylic acids is 1. The zero-order valence-electron chi connectivity index (χ0n) is 13.6. The van der Waals surface area contributed by atoms with Crippen LogP contribution in [0.5, 0.6) is 0 Å². The number of amides is 1. The van der Waals surface area contributed by atoms with Gasteiger partial charge < -0.3 is 10.6 Å². The van der Waals surface area contributed by atoms with Gasteiger partial charge in [-0.3, -0.25) is 9.69 Å². The van der Waals surface area contributed by atoms with Crippen molar-refractivity contribution in [1.29, 1.82) is 0 Å². The van der Waals surface area contributed by atoms with Crippen molar-refractivity contribution in [2.75, 3.05) is 25.9 Å². The van der Waals surface area contributed by atoms with Crippen LogP contribution < -0.4 is 5.73 Å². The fourth-order valence-electron chi connectivity index (χ4n) is 2.75. The summed E-state index contributed by atoms with van der Waals surface area (Å²) in [5.41, 5.74) is 7.37. The first-order valence-electron chi connectivity index (χ1n) is 7.58. The third-order valence-corrected chi connectivity index (χ3v) is 4.35. The molecule has 21 heavy (non-hydrogen) atoms.